The molecule has 1 rings (SSSR count). The molecule has 1 N–H and O–H groups in total. The Balaban J connectivity index is 1.76. The minimum Gasteiger partial charge on any atom is -0.317 e. The molecule has 0 aliphatic carbocycles. The number of rotatable bonds is 11. The Morgan fingerprint density at radius 3 is 2.53 bits per heavy atom. The third-order valence-electron chi connectivity index (χ3n) is 3.06. The zero-order chi connectivity index (χ0) is 12.2. The standard InChI is InChI=1S/C15H27NS/c1-2-3-4-5-6-7-12-16-13-8-10-15-11-9-14-17-15/h9,11,14,16H,2-8,10,12-13H2,1H3. The third-order valence-corrected chi connectivity index (χ3v) is 4.00. The third kappa shape index (κ3) is 8.39. The van der Waals surface area contributed by atoms with E-state index in [4.69, 9.17) is 0 Å². The zero-order valence-electron chi connectivity index (χ0n) is 11.2. The van der Waals surface area contributed by atoms with E-state index in [0.29, 0.717) is 0 Å². The van der Waals surface area contributed by atoms with Crippen LogP contribution in [0.4, 0.5) is 0 Å². The number of unbranched alkanes of at least 4 members (excludes halogenated alkanes) is 5. The van der Waals surface area contributed by atoms with Crippen LogP contribution in [0.15, 0.2) is 17.5 Å². The van der Waals surface area contributed by atoms with Gasteiger partial charge in [0.25, 0.3) is 0 Å². The number of hydrogen-bond acceptors (Lipinski definition) is 2. The summed E-state index contributed by atoms with van der Waals surface area (Å²) in [6, 6.07) is 4.38. The molecule has 0 radical (unpaired) electrons. The number of aryl methyl sites for hydroxylation is 1. The lowest BCUT2D eigenvalue weighted by molar-refractivity contribution is 0.565. The van der Waals surface area contributed by atoms with Gasteiger partial charge in [-0.3, -0.25) is 0 Å². The Labute approximate surface area is 111 Å². The molecule has 1 aromatic rings. The Bertz CT molecular complexity index is 243. The lowest BCUT2D eigenvalue weighted by Gasteiger charge is -2.04. The van der Waals surface area contributed by atoms with Crippen LogP contribution < -0.4 is 5.32 Å². The molecule has 0 fully saturated rings. The van der Waals surface area contributed by atoms with Gasteiger partial charge < -0.3 is 5.32 Å². The van der Waals surface area contributed by atoms with E-state index in [1.54, 1.807) is 0 Å². The van der Waals surface area contributed by atoms with Gasteiger partial charge in [-0.1, -0.05) is 45.1 Å². The highest BCUT2D eigenvalue weighted by Crippen LogP contribution is 2.10. The lowest BCUT2D eigenvalue weighted by Crippen LogP contribution is -2.17. The number of hydrogen-bond donors (Lipinski definition) is 1. The molecule has 0 aliphatic heterocycles. The van der Waals surface area contributed by atoms with Crippen molar-refractivity contribution in [3.63, 3.8) is 0 Å². The van der Waals surface area contributed by atoms with Gasteiger partial charge >= 0.3 is 0 Å². The van der Waals surface area contributed by atoms with Crippen LogP contribution in [0.1, 0.15) is 56.7 Å². The molecule has 0 aliphatic rings. The van der Waals surface area contributed by atoms with Gasteiger partial charge in [0.2, 0.25) is 0 Å². The van der Waals surface area contributed by atoms with Crippen LogP contribution in [0.5, 0.6) is 0 Å². The first-order valence-electron chi connectivity index (χ1n) is 7.16. The van der Waals surface area contributed by atoms with Gasteiger partial charge in [-0.05, 0) is 43.8 Å². The van der Waals surface area contributed by atoms with E-state index >= 15 is 0 Å². The molecule has 0 saturated heterocycles. The zero-order valence-corrected chi connectivity index (χ0v) is 12.0. The van der Waals surface area contributed by atoms with Crippen LogP contribution in [0.2, 0.25) is 0 Å². The summed E-state index contributed by atoms with van der Waals surface area (Å²) in [5, 5.41) is 5.71. The van der Waals surface area contributed by atoms with Crippen molar-refractivity contribution in [1.29, 1.82) is 0 Å². The van der Waals surface area contributed by atoms with E-state index < -0.39 is 0 Å². The molecule has 0 amide bonds. The van der Waals surface area contributed by atoms with Crippen molar-refractivity contribution in [3.8, 4) is 0 Å². The van der Waals surface area contributed by atoms with Gasteiger partial charge in [-0.25, -0.2) is 0 Å². The Kier molecular flexibility index (Phi) is 9.34. The maximum atomic E-state index is 3.54. The van der Waals surface area contributed by atoms with Gasteiger partial charge in [0.1, 0.15) is 0 Å². The first-order chi connectivity index (χ1) is 8.43. The van der Waals surface area contributed by atoms with Crippen molar-refractivity contribution < 1.29 is 0 Å². The molecule has 1 nitrogen and oxygen atoms in total. The predicted molar refractivity (Wildman–Crippen MR) is 78.9 cm³/mol. The molecule has 0 saturated carbocycles. The average molecular weight is 253 g/mol. The van der Waals surface area contributed by atoms with Crippen LogP contribution in [0.25, 0.3) is 0 Å². The van der Waals surface area contributed by atoms with Crippen molar-refractivity contribution >= 4 is 11.3 Å². The van der Waals surface area contributed by atoms with Gasteiger partial charge in [0.05, 0.1) is 0 Å². The first-order valence-corrected chi connectivity index (χ1v) is 8.04. The summed E-state index contributed by atoms with van der Waals surface area (Å²) in [5.74, 6) is 0. The summed E-state index contributed by atoms with van der Waals surface area (Å²) >= 11 is 1.87. The van der Waals surface area contributed by atoms with E-state index in [2.05, 4.69) is 29.8 Å². The minimum atomic E-state index is 1.17. The second-order valence-electron chi connectivity index (χ2n) is 4.70. The van der Waals surface area contributed by atoms with Crippen LogP contribution >= 0.6 is 11.3 Å². The molecular weight excluding hydrogens is 226 g/mol. The van der Waals surface area contributed by atoms with Crippen LogP contribution in [0.3, 0.4) is 0 Å². The highest BCUT2D eigenvalue weighted by Gasteiger charge is 1.94. The van der Waals surface area contributed by atoms with E-state index in [-0.39, 0.29) is 0 Å². The average Bonchev–Trinajstić information content (AvgIpc) is 2.85. The molecular formula is C15H27NS. The molecule has 1 heterocycles. The Hall–Kier alpha value is -0.340. The van der Waals surface area contributed by atoms with Gasteiger partial charge in [-0.15, -0.1) is 11.3 Å². The highest BCUT2D eigenvalue weighted by atomic mass is 32.1. The van der Waals surface area contributed by atoms with E-state index in [9.17, 15) is 0 Å². The van der Waals surface area contributed by atoms with Crippen LogP contribution in [-0.2, 0) is 6.42 Å². The van der Waals surface area contributed by atoms with Gasteiger partial charge in [0, 0.05) is 4.88 Å². The Morgan fingerprint density at radius 2 is 1.76 bits per heavy atom. The van der Waals surface area contributed by atoms with Crippen molar-refractivity contribution in [2.75, 3.05) is 13.1 Å². The molecule has 0 unspecified atom stereocenters. The van der Waals surface area contributed by atoms with Crippen LogP contribution in [-0.4, -0.2) is 13.1 Å². The van der Waals surface area contributed by atoms with Crippen LogP contribution in [0, 0.1) is 0 Å². The highest BCUT2D eigenvalue weighted by molar-refractivity contribution is 7.09. The summed E-state index contributed by atoms with van der Waals surface area (Å²) in [7, 11) is 0. The molecule has 0 atom stereocenters. The molecule has 17 heavy (non-hydrogen) atoms. The molecule has 0 bridgehead atoms. The van der Waals surface area contributed by atoms with Crippen molar-refractivity contribution in [2.45, 2.75) is 58.3 Å². The molecule has 0 spiro atoms. The van der Waals surface area contributed by atoms with Crippen molar-refractivity contribution in [1.82, 2.24) is 5.32 Å². The monoisotopic (exact) mass is 253 g/mol. The summed E-state index contributed by atoms with van der Waals surface area (Å²) in [4.78, 5) is 1.52. The quantitative estimate of drug-likeness (QED) is 0.567. The molecule has 98 valence electrons. The summed E-state index contributed by atoms with van der Waals surface area (Å²) in [6.07, 6.45) is 10.9. The van der Waals surface area contributed by atoms with Crippen molar-refractivity contribution in [3.05, 3.63) is 22.4 Å². The Morgan fingerprint density at radius 1 is 1.00 bits per heavy atom. The largest absolute Gasteiger partial charge is 0.317 e. The summed E-state index contributed by atoms with van der Waals surface area (Å²) in [5.41, 5.74) is 0. The predicted octanol–water partition coefficient (Wildman–Crippen LogP) is 4.63. The molecule has 0 aromatic carbocycles. The van der Waals surface area contributed by atoms with Gasteiger partial charge in [0.15, 0.2) is 0 Å². The molecule has 1 aromatic heterocycles. The van der Waals surface area contributed by atoms with E-state index in [1.807, 2.05) is 11.3 Å². The van der Waals surface area contributed by atoms with Gasteiger partial charge in [-0.2, -0.15) is 0 Å². The topological polar surface area (TPSA) is 12.0 Å². The second-order valence-corrected chi connectivity index (χ2v) is 5.73. The summed E-state index contributed by atoms with van der Waals surface area (Å²) in [6.45, 7) is 4.65. The fraction of sp³-hybridized carbons (Fsp3) is 0.733. The fourth-order valence-electron chi connectivity index (χ4n) is 2.00. The second kappa shape index (κ2) is 10.8. The minimum absolute atomic E-state index is 1.17. The summed E-state index contributed by atoms with van der Waals surface area (Å²) < 4.78 is 0. The smallest absolute Gasteiger partial charge is 0.00457 e. The number of nitrogens with one attached hydrogen (secondary N) is 1. The lowest BCUT2D eigenvalue weighted by atomic mass is 10.1. The van der Waals surface area contributed by atoms with E-state index in [0.717, 1.165) is 0 Å². The SMILES string of the molecule is CCCCCCCCNCCCc1cccs1. The first kappa shape index (κ1) is 14.7. The molecule has 2 heteroatoms. The maximum absolute atomic E-state index is 3.54. The van der Waals surface area contributed by atoms with Crippen molar-refractivity contribution in [2.24, 2.45) is 0 Å². The number of thiophene rings is 1. The maximum Gasteiger partial charge on any atom is 0.00457 e. The fourth-order valence-corrected chi connectivity index (χ4v) is 2.75. The normalized spacial score (nSPS) is 10.9. The van der Waals surface area contributed by atoms with E-state index in [1.165, 1.54) is 69.3 Å².